The number of benzene rings is 2. The molecule has 0 aromatic heterocycles. The Balaban J connectivity index is 2.06. The van der Waals surface area contributed by atoms with Crippen molar-refractivity contribution in [2.24, 2.45) is 10.7 Å². The number of para-hydroxylation sites is 1. The first kappa shape index (κ1) is 12.6. The van der Waals surface area contributed by atoms with Crippen LogP contribution in [-0.4, -0.2) is 12.5 Å². The third-order valence-corrected chi connectivity index (χ3v) is 3.36. The Hall–Kier alpha value is -2.43. The van der Waals surface area contributed by atoms with E-state index in [0.29, 0.717) is 17.8 Å². The second-order valence-corrected chi connectivity index (χ2v) is 4.56. The maximum Gasteiger partial charge on any atom is 0.196 e. The molecule has 1 aliphatic rings. The normalized spacial score (nSPS) is 18.2. The largest absolute Gasteiger partial charge is 0.369 e. The molecule has 2 N–H and O–H groups in total. The maximum absolute atomic E-state index is 14.0. The molecule has 2 aromatic carbocycles. The zero-order valence-electron chi connectivity index (χ0n) is 10.6. The van der Waals surface area contributed by atoms with Gasteiger partial charge >= 0.3 is 0 Å². The lowest BCUT2D eigenvalue weighted by Crippen LogP contribution is -2.37. The monoisotopic (exact) mass is 273 g/mol. The summed E-state index contributed by atoms with van der Waals surface area (Å²) >= 11 is 0. The first-order valence-electron chi connectivity index (χ1n) is 6.26. The topological polar surface area (TPSA) is 41.6 Å². The van der Waals surface area contributed by atoms with Gasteiger partial charge < -0.3 is 10.6 Å². The average Bonchev–Trinajstić information content (AvgIpc) is 2.82. The van der Waals surface area contributed by atoms with Gasteiger partial charge in [-0.25, -0.2) is 8.78 Å². The predicted octanol–water partition coefficient (Wildman–Crippen LogP) is 2.84. The fourth-order valence-electron chi connectivity index (χ4n) is 2.42. The van der Waals surface area contributed by atoms with E-state index < -0.39 is 11.9 Å². The van der Waals surface area contributed by atoms with Gasteiger partial charge in [-0.05, 0) is 18.2 Å². The molecule has 20 heavy (non-hydrogen) atoms. The van der Waals surface area contributed by atoms with E-state index in [1.165, 1.54) is 17.0 Å². The van der Waals surface area contributed by atoms with Crippen LogP contribution in [0.15, 0.2) is 53.5 Å². The number of halogens is 2. The van der Waals surface area contributed by atoms with Gasteiger partial charge in [0.2, 0.25) is 0 Å². The lowest BCUT2D eigenvalue weighted by molar-refractivity contribution is 0.582. The molecule has 1 aliphatic heterocycles. The molecule has 0 fully saturated rings. The Kier molecular flexibility index (Phi) is 3.10. The van der Waals surface area contributed by atoms with E-state index in [1.807, 2.05) is 0 Å². The van der Waals surface area contributed by atoms with Crippen molar-refractivity contribution in [3.8, 4) is 0 Å². The van der Waals surface area contributed by atoms with E-state index in [4.69, 9.17) is 5.73 Å². The van der Waals surface area contributed by atoms with E-state index in [9.17, 15) is 8.78 Å². The predicted molar refractivity (Wildman–Crippen MR) is 74.5 cm³/mol. The molecule has 5 heteroatoms. The smallest absolute Gasteiger partial charge is 0.196 e. The van der Waals surface area contributed by atoms with Crippen LogP contribution in [0.3, 0.4) is 0 Å². The lowest BCUT2D eigenvalue weighted by atomic mass is 10.0. The van der Waals surface area contributed by atoms with Crippen LogP contribution >= 0.6 is 0 Å². The molecule has 1 heterocycles. The summed E-state index contributed by atoms with van der Waals surface area (Å²) in [6.45, 7) is 0.307. The maximum atomic E-state index is 14.0. The summed E-state index contributed by atoms with van der Waals surface area (Å²) < 4.78 is 27.9. The Labute approximate surface area is 115 Å². The van der Waals surface area contributed by atoms with Crippen LogP contribution in [0.2, 0.25) is 0 Å². The van der Waals surface area contributed by atoms with Gasteiger partial charge in [0, 0.05) is 5.56 Å². The van der Waals surface area contributed by atoms with E-state index in [1.54, 1.807) is 36.4 Å². The molecular weight excluding hydrogens is 260 g/mol. The molecule has 0 spiro atoms. The van der Waals surface area contributed by atoms with Gasteiger partial charge in [0.05, 0.1) is 18.3 Å². The van der Waals surface area contributed by atoms with Gasteiger partial charge in [0.15, 0.2) is 5.96 Å². The SMILES string of the molecule is NC1=NCC(c2ccccc2F)N1c1ccccc1F. The summed E-state index contributed by atoms with van der Waals surface area (Å²) in [5.41, 5.74) is 6.61. The van der Waals surface area contributed by atoms with Crippen LogP contribution < -0.4 is 10.6 Å². The Morgan fingerprint density at radius 3 is 2.35 bits per heavy atom. The van der Waals surface area contributed by atoms with Gasteiger partial charge in [-0.15, -0.1) is 0 Å². The standard InChI is InChI=1S/C15H13F2N3/c16-11-6-2-1-5-10(11)14-9-19-15(18)20(14)13-8-4-3-7-12(13)17/h1-8,14H,9H2,(H2,18,19). The van der Waals surface area contributed by atoms with Crippen molar-refractivity contribution in [2.75, 3.05) is 11.4 Å². The first-order valence-corrected chi connectivity index (χ1v) is 6.26. The van der Waals surface area contributed by atoms with Gasteiger partial charge in [-0.1, -0.05) is 30.3 Å². The van der Waals surface area contributed by atoms with Crippen LogP contribution in [-0.2, 0) is 0 Å². The first-order chi connectivity index (χ1) is 9.68. The molecule has 0 amide bonds. The molecule has 0 aliphatic carbocycles. The van der Waals surface area contributed by atoms with E-state index in [2.05, 4.69) is 4.99 Å². The summed E-state index contributed by atoms with van der Waals surface area (Å²) in [7, 11) is 0. The zero-order valence-corrected chi connectivity index (χ0v) is 10.6. The molecule has 1 unspecified atom stereocenters. The van der Waals surface area contributed by atoms with Crippen molar-refractivity contribution in [1.82, 2.24) is 0 Å². The Bertz CT molecular complexity index is 670. The highest BCUT2D eigenvalue weighted by Crippen LogP contribution is 2.33. The number of hydrogen-bond donors (Lipinski definition) is 1. The fraction of sp³-hybridized carbons (Fsp3) is 0.133. The van der Waals surface area contributed by atoms with E-state index in [0.717, 1.165) is 0 Å². The van der Waals surface area contributed by atoms with Crippen molar-refractivity contribution >= 4 is 11.6 Å². The number of rotatable bonds is 2. The molecule has 2 aromatic rings. The summed E-state index contributed by atoms with van der Waals surface area (Å²) in [4.78, 5) is 5.66. The number of guanidine groups is 1. The summed E-state index contributed by atoms with van der Waals surface area (Å²) in [5, 5.41) is 0. The van der Waals surface area contributed by atoms with Gasteiger partial charge in [-0.2, -0.15) is 0 Å². The lowest BCUT2D eigenvalue weighted by Gasteiger charge is -2.27. The summed E-state index contributed by atoms with van der Waals surface area (Å²) in [6, 6.07) is 12.2. The van der Waals surface area contributed by atoms with E-state index in [-0.39, 0.29) is 11.8 Å². The Morgan fingerprint density at radius 2 is 1.65 bits per heavy atom. The highest BCUT2D eigenvalue weighted by atomic mass is 19.1. The molecule has 102 valence electrons. The van der Waals surface area contributed by atoms with Crippen LogP contribution in [0.5, 0.6) is 0 Å². The Morgan fingerprint density at radius 1 is 1.00 bits per heavy atom. The summed E-state index contributed by atoms with van der Waals surface area (Å²) in [5.74, 6) is -0.555. The van der Waals surface area contributed by atoms with Crippen LogP contribution in [0.1, 0.15) is 11.6 Å². The molecular formula is C15H13F2N3. The quantitative estimate of drug-likeness (QED) is 0.914. The third-order valence-electron chi connectivity index (χ3n) is 3.36. The van der Waals surface area contributed by atoms with Crippen LogP contribution in [0, 0.1) is 11.6 Å². The molecule has 3 nitrogen and oxygen atoms in total. The van der Waals surface area contributed by atoms with Crippen molar-refractivity contribution in [1.29, 1.82) is 0 Å². The number of nitrogens with zero attached hydrogens (tertiary/aromatic N) is 2. The molecule has 0 saturated heterocycles. The number of aliphatic imine (C=N–C) groups is 1. The second-order valence-electron chi connectivity index (χ2n) is 4.56. The summed E-state index contributed by atoms with van der Waals surface area (Å²) in [6.07, 6.45) is 0. The van der Waals surface area contributed by atoms with Crippen molar-refractivity contribution in [3.63, 3.8) is 0 Å². The van der Waals surface area contributed by atoms with Crippen molar-refractivity contribution in [2.45, 2.75) is 6.04 Å². The van der Waals surface area contributed by atoms with Gasteiger partial charge in [0.1, 0.15) is 11.6 Å². The minimum atomic E-state index is -0.423. The van der Waals surface area contributed by atoms with Gasteiger partial charge in [0.25, 0.3) is 0 Å². The molecule has 1 atom stereocenters. The third kappa shape index (κ3) is 2.01. The highest BCUT2D eigenvalue weighted by Gasteiger charge is 2.31. The second kappa shape index (κ2) is 4.92. The molecule has 3 rings (SSSR count). The average molecular weight is 273 g/mol. The minimum absolute atomic E-state index is 0.198. The van der Waals surface area contributed by atoms with Crippen LogP contribution in [0.4, 0.5) is 14.5 Å². The van der Waals surface area contributed by atoms with Gasteiger partial charge in [-0.3, -0.25) is 4.99 Å². The van der Waals surface area contributed by atoms with Crippen LogP contribution in [0.25, 0.3) is 0 Å². The highest BCUT2D eigenvalue weighted by molar-refractivity contribution is 5.97. The minimum Gasteiger partial charge on any atom is -0.369 e. The van der Waals surface area contributed by atoms with E-state index >= 15 is 0 Å². The number of anilines is 1. The van der Waals surface area contributed by atoms with Crippen molar-refractivity contribution < 1.29 is 8.78 Å². The fourth-order valence-corrected chi connectivity index (χ4v) is 2.42. The number of hydrogen-bond acceptors (Lipinski definition) is 3. The molecule has 0 saturated carbocycles. The van der Waals surface area contributed by atoms with Crippen molar-refractivity contribution in [3.05, 3.63) is 65.7 Å². The molecule has 0 radical (unpaired) electrons. The zero-order chi connectivity index (χ0) is 14.1. The number of nitrogens with two attached hydrogens (primary N) is 1. The molecule has 0 bridgehead atoms.